The number of nitrogens with zero attached hydrogens (tertiary/aromatic N) is 1. The molecule has 2 N–H and O–H groups in total. The minimum atomic E-state index is -3.89. The fourth-order valence-electron chi connectivity index (χ4n) is 3.82. The predicted octanol–water partition coefficient (Wildman–Crippen LogP) is 3.57. The number of methoxy groups -OCH3 is 1. The van der Waals surface area contributed by atoms with Crippen molar-refractivity contribution in [3.63, 3.8) is 0 Å². The van der Waals surface area contributed by atoms with Crippen LogP contribution in [0.2, 0.25) is 0 Å². The second kappa shape index (κ2) is 11.0. The first-order valence-corrected chi connectivity index (χ1v) is 12.7. The van der Waals surface area contributed by atoms with Crippen LogP contribution in [-0.4, -0.2) is 53.0 Å². The average Bonchev–Trinajstić information content (AvgIpc) is 2.82. The van der Waals surface area contributed by atoms with Crippen LogP contribution in [0.1, 0.15) is 25.5 Å². The molecule has 2 atom stereocenters. The van der Waals surface area contributed by atoms with E-state index in [1.807, 2.05) is 81.4 Å². The first-order chi connectivity index (χ1) is 16.1. The molecule has 0 saturated carbocycles. The minimum absolute atomic E-state index is 0.107. The Hall–Kier alpha value is -2.94. The molecule has 7 nitrogen and oxygen atoms in total. The summed E-state index contributed by atoms with van der Waals surface area (Å²) in [5, 5.41) is 4.71. The van der Waals surface area contributed by atoms with E-state index < -0.39 is 16.1 Å². The lowest BCUT2D eigenvalue weighted by atomic mass is 10.0. The lowest BCUT2D eigenvalue weighted by Gasteiger charge is -2.27. The summed E-state index contributed by atoms with van der Waals surface area (Å²) in [5.74, 6) is 0.123. The molecule has 1 amide bonds. The zero-order valence-electron chi connectivity index (χ0n) is 20.3. The van der Waals surface area contributed by atoms with Gasteiger partial charge in [-0.1, -0.05) is 56.3 Å². The highest BCUT2D eigenvalue weighted by atomic mass is 32.2. The Morgan fingerprint density at radius 1 is 0.971 bits per heavy atom. The van der Waals surface area contributed by atoms with Gasteiger partial charge in [0, 0.05) is 6.54 Å². The Kier molecular flexibility index (Phi) is 8.30. The Bertz CT molecular complexity index is 1240. The van der Waals surface area contributed by atoms with Crippen LogP contribution < -0.4 is 14.8 Å². The van der Waals surface area contributed by atoms with E-state index in [2.05, 4.69) is 10.0 Å². The summed E-state index contributed by atoms with van der Waals surface area (Å²) >= 11 is 0. The van der Waals surface area contributed by atoms with Crippen molar-refractivity contribution in [2.45, 2.75) is 30.8 Å². The molecule has 8 heteroatoms. The summed E-state index contributed by atoms with van der Waals surface area (Å²) in [4.78, 5) is 15.2. The number of hydrogen-bond acceptors (Lipinski definition) is 5. The van der Waals surface area contributed by atoms with Gasteiger partial charge >= 0.3 is 0 Å². The Balaban J connectivity index is 1.76. The quantitative estimate of drug-likeness (QED) is 0.460. The van der Waals surface area contributed by atoms with Gasteiger partial charge in [-0.3, -0.25) is 4.79 Å². The largest absolute Gasteiger partial charge is 0.497 e. The number of sulfonamides is 1. The number of amides is 1. The number of likely N-dealkylation sites (N-methyl/N-ethyl adjacent to an activating group) is 1. The van der Waals surface area contributed by atoms with Crippen molar-refractivity contribution in [1.82, 2.24) is 14.9 Å². The monoisotopic (exact) mass is 483 g/mol. The lowest BCUT2D eigenvalue weighted by molar-refractivity contribution is -0.123. The molecule has 0 aliphatic rings. The number of nitrogens with one attached hydrogen (secondary N) is 2. The second-order valence-corrected chi connectivity index (χ2v) is 10.6. The predicted molar refractivity (Wildman–Crippen MR) is 135 cm³/mol. The second-order valence-electron chi connectivity index (χ2n) is 8.85. The van der Waals surface area contributed by atoms with Crippen LogP contribution in [0.4, 0.5) is 0 Å². The fraction of sp³-hybridized carbons (Fsp3) is 0.346. The molecule has 3 aromatic rings. The van der Waals surface area contributed by atoms with Crippen LogP contribution in [0, 0.1) is 5.92 Å². The molecule has 0 radical (unpaired) electrons. The standard InChI is InChI=1S/C26H33N3O4S/c1-18(2)25(28-34(31,32)23-14-13-19-9-6-7-10-20(19)16-23)26(30)27-17-24(29(3)4)21-11-8-12-22(15-21)33-5/h6-16,18,24-25,28H,17H2,1-5H3,(H,27,30). The van der Waals surface area contributed by atoms with Gasteiger partial charge in [0.15, 0.2) is 0 Å². The van der Waals surface area contributed by atoms with Crippen LogP contribution in [0.3, 0.4) is 0 Å². The van der Waals surface area contributed by atoms with Crippen molar-refractivity contribution < 1.29 is 17.9 Å². The molecule has 3 aromatic carbocycles. The SMILES string of the molecule is COc1cccc(C(CNC(=O)C(NS(=O)(=O)c2ccc3ccccc3c2)C(C)C)N(C)C)c1. The number of hydrogen-bond donors (Lipinski definition) is 2. The van der Waals surface area contributed by atoms with Crippen LogP contribution >= 0.6 is 0 Å². The van der Waals surface area contributed by atoms with Gasteiger partial charge in [0.25, 0.3) is 0 Å². The van der Waals surface area contributed by atoms with Gasteiger partial charge in [0.1, 0.15) is 11.8 Å². The van der Waals surface area contributed by atoms with Gasteiger partial charge in [-0.2, -0.15) is 4.72 Å². The first kappa shape index (κ1) is 25.7. The zero-order chi connectivity index (χ0) is 24.9. The number of benzene rings is 3. The number of fused-ring (bicyclic) bond motifs is 1. The van der Waals surface area contributed by atoms with Gasteiger partial charge in [-0.25, -0.2) is 8.42 Å². The Labute approximate surface area is 202 Å². The van der Waals surface area contributed by atoms with Crippen molar-refractivity contribution >= 4 is 26.7 Å². The molecule has 0 fully saturated rings. The van der Waals surface area contributed by atoms with E-state index in [4.69, 9.17) is 4.74 Å². The van der Waals surface area contributed by atoms with Crippen molar-refractivity contribution in [2.75, 3.05) is 27.7 Å². The maximum absolute atomic E-state index is 13.1. The van der Waals surface area contributed by atoms with Crippen molar-refractivity contribution in [1.29, 1.82) is 0 Å². The van der Waals surface area contributed by atoms with Gasteiger partial charge in [-0.05, 0) is 60.6 Å². The molecule has 182 valence electrons. The molecule has 0 aliphatic heterocycles. The topological polar surface area (TPSA) is 87.7 Å². The maximum atomic E-state index is 13.1. The molecule has 0 saturated heterocycles. The smallest absolute Gasteiger partial charge is 0.241 e. The Morgan fingerprint density at radius 3 is 2.32 bits per heavy atom. The maximum Gasteiger partial charge on any atom is 0.241 e. The third-order valence-corrected chi connectivity index (χ3v) is 7.27. The van der Waals surface area contributed by atoms with Crippen LogP contribution in [-0.2, 0) is 14.8 Å². The molecule has 0 aromatic heterocycles. The van der Waals surface area contributed by atoms with Crippen molar-refractivity contribution in [2.24, 2.45) is 5.92 Å². The molecule has 3 rings (SSSR count). The fourth-order valence-corrected chi connectivity index (χ4v) is 5.20. The number of carbonyl (C=O) groups is 1. The molecular formula is C26H33N3O4S. The molecule has 0 heterocycles. The van der Waals surface area contributed by atoms with E-state index >= 15 is 0 Å². The van der Waals surface area contributed by atoms with Crippen molar-refractivity contribution in [3.05, 3.63) is 72.3 Å². The summed E-state index contributed by atoms with van der Waals surface area (Å²) in [6.07, 6.45) is 0. The molecule has 0 aliphatic carbocycles. The summed E-state index contributed by atoms with van der Waals surface area (Å²) in [7, 11) is 1.58. The highest BCUT2D eigenvalue weighted by Gasteiger charge is 2.29. The van der Waals surface area contributed by atoms with Gasteiger partial charge in [-0.15, -0.1) is 0 Å². The van der Waals surface area contributed by atoms with Gasteiger partial charge < -0.3 is 15.0 Å². The zero-order valence-corrected chi connectivity index (χ0v) is 21.1. The summed E-state index contributed by atoms with van der Waals surface area (Å²) in [5.41, 5.74) is 0.988. The number of rotatable bonds is 10. The number of ether oxygens (including phenoxy) is 1. The van der Waals surface area contributed by atoms with Crippen LogP contribution in [0.25, 0.3) is 10.8 Å². The molecule has 2 unspecified atom stereocenters. The van der Waals surface area contributed by atoms with Gasteiger partial charge in [0.2, 0.25) is 15.9 Å². The highest BCUT2D eigenvalue weighted by molar-refractivity contribution is 7.89. The van der Waals surface area contributed by atoms with Crippen molar-refractivity contribution in [3.8, 4) is 5.75 Å². The van der Waals surface area contributed by atoms with Crippen LogP contribution in [0.15, 0.2) is 71.6 Å². The third kappa shape index (κ3) is 6.14. The first-order valence-electron chi connectivity index (χ1n) is 11.2. The van der Waals surface area contributed by atoms with E-state index in [9.17, 15) is 13.2 Å². The summed E-state index contributed by atoms with van der Waals surface area (Å²) in [6, 6.07) is 19.2. The van der Waals surface area contributed by atoms with E-state index in [0.717, 1.165) is 22.1 Å². The van der Waals surface area contributed by atoms with E-state index in [1.165, 1.54) is 0 Å². The summed E-state index contributed by atoms with van der Waals surface area (Å²) < 4.78 is 34.2. The van der Waals surface area contributed by atoms with E-state index in [0.29, 0.717) is 6.54 Å². The van der Waals surface area contributed by atoms with E-state index in [-0.39, 0.29) is 22.8 Å². The van der Waals surface area contributed by atoms with E-state index in [1.54, 1.807) is 25.3 Å². The molecule has 0 spiro atoms. The highest BCUT2D eigenvalue weighted by Crippen LogP contribution is 2.23. The molecular weight excluding hydrogens is 450 g/mol. The third-order valence-electron chi connectivity index (χ3n) is 5.83. The number of carbonyl (C=O) groups excluding carboxylic acids is 1. The van der Waals surface area contributed by atoms with Crippen LogP contribution in [0.5, 0.6) is 5.75 Å². The van der Waals surface area contributed by atoms with Gasteiger partial charge in [0.05, 0.1) is 18.0 Å². The minimum Gasteiger partial charge on any atom is -0.497 e. The Morgan fingerprint density at radius 2 is 1.68 bits per heavy atom. The lowest BCUT2D eigenvalue weighted by Crippen LogP contribution is -2.50. The molecule has 0 bridgehead atoms. The normalized spacial score (nSPS) is 13.7. The average molecular weight is 484 g/mol. The summed E-state index contributed by atoms with van der Waals surface area (Å²) in [6.45, 7) is 3.96. The molecule has 34 heavy (non-hydrogen) atoms.